The Morgan fingerprint density at radius 2 is 2.06 bits per heavy atom. The number of amides is 1. The van der Waals surface area contributed by atoms with Gasteiger partial charge in [0, 0.05) is 35.6 Å². The summed E-state index contributed by atoms with van der Waals surface area (Å²) >= 11 is 0. The summed E-state index contributed by atoms with van der Waals surface area (Å²) in [7, 11) is 0. The summed E-state index contributed by atoms with van der Waals surface area (Å²) in [5.74, 6) is 0.222. The largest absolute Gasteiger partial charge is 0.494 e. The number of benzene rings is 2. The van der Waals surface area contributed by atoms with Crippen molar-refractivity contribution in [3.63, 3.8) is 0 Å². The molecule has 0 spiro atoms. The minimum atomic E-state index is -0.430. The predicted molar refractivity (Wildman–Crippen MR) is 117 cm³/mol. The van der Waals surface area contributed by atoms with Crippen molar-refractivity contribution in [2.75, 3.05) is 19.7 Å². The molecule has 3 aliphatic rings. The number of H-pyrrole nitrogens is 1. The minimum absolute atomic E-state index is 0.142. The molecule has 1 aliphatic carbocycles. The molecule has 6 rings (SSSR count). The fourth-order valence-corrected chi connectivity index (χ4v) is 4.74. The molecule has 2 aliphatic heterocycles. The molecule has 3 atom stereocenters. The number of piperidine rings is 1. The van der Waals surface area contributed by atoms with Crippen LogP contribution in [-0.2, 0) is 9.63 Å². The van der Waals surface area contributed by atoms with Gasteiger partial charge in [-0.2, -0.15) is 0 Å². The molecule has 3 heterocycles. The van der Waals surface area contributed by atoms with E-state index in [1.807, 2.05) is 24.3 Å². The molecule has 1 saturated heterocycles. The highest BCUT2D eigenvalue weighted by Gasteiger charge is 2.53. The summed E-state index contributed by atoms with van der Waals surface area (Å²) < 4.78 is 13.9. The molecule has 8 nitrogen and oxygen atoms in total. The zero-order valence-electron chi connectivity index (χ0n) is 16.9. The number of aliphatic imine (C=N–C) groups is 1. The Kier molecular flexibility index (Phi) is 4.25. The summed E-state index contributed by atoms with van der Waals surface area (Å²) in [5.41, 5.74) is 2.99. The number of fused-ring (bicyclic) bond motifs is 3. The number of carbonyl (C=O) groups excluding carboxylic acids is 1. The van der Waals surface area contributed by atoms with E-state index in [4.69, 9.17) is 4.84 Å². The van der Waals surface area contributed by atoms with E-state index >= 15 is 0 Å². The Bertz CT molecular complexity index is 1300. The van der Waals surface area contributed by atoms with Gasteiger partial charge in [0.25, 0.3) is 5.91 Å². The first-order chi connectivity index (χ1) is 15.6. The summed E-state index contributed by atoms with van der Waals surface area (Å²) in [5, 5.41) is 21.5. The number of hydrogen-bond donors (Lipinski definition) is 4. The highest BCUT2D eigenvalue weighted by Crippen LogP contribution is 2.41. The van der Waals surface area contributed by atoms with Gasteiger partial charge in [-0.05, 0) is 36.1 Å². The average Bonchev–Trinajstić information content (AvgIpc) is 3.14. The minimum Gasteiger partial charge on any atom is -0.494 e. The maximum atomic E-state index is 13.9. The van der Waals surface area contributed by atoms with E-state index in [2.05, 4.69) is 25.8 Å². The van der Waals surface area contributed by atoms with Crippen LogP contribution >= 0.6 is 0 Å². The zero-order chi connectivity index (χ0) is 21.8. The van der Waals surface area contributed by atoms with Gasteiger partial charge < -0.3 is 25.6 Å². The van der Waals surface area contributed by atoms with Crippen LogP contribution in [0, 0.1) is 17.7 Å². The van der Waals surface area contributed by atoms with Gasteiger partial charge in [0.1, 0.15) is 17.2 Å². The number of oxime groups is 1. The molecule has 1 amide bonds. The third-order valence-corrected chi connectivity index (χ3v) is 6.36. The number of rotatable bonds is 5. The van der Waals surface area contributed by atoms with Crippen molar-refractivity contribution >= 4 is 33.9 Å². The molecule has 0 radical (unpaired) electrons. The first-order valence-electron chi connectivity index (χ1n) is 10.5. The quantitative estimate of drug-likeness (QED) is 0.462. The van der Waals surface area contributed by atoms with Gasteiger partial charge in [0.2, 0.25) is 0 Å². The number of carbonyl (C=O) groups is 1. The Morgan fingerprint density at radius 1 is 1.25 bits per heavy atom. The number of hydrogen-bond acceptors (Lipinski definition) is 6. The van der Waals surface area contributed by atoms with E-state index in [1.54, 1.807) is 6.07 Å². The Morgan fingerprint density at radius 3 is 2.91 bits per heavy atom. The molecule has 2 aromatic carbocycles. The van der Waals surface area contributed by atoms with Gasteiger partial charge in [-0.25, -0.2) is 9.38 Å². The normalized spacial score (nSPS) is 24.3. The van der Waals surface area contributed by atoms with Crippen molar-refractivity contribution in [1.29, 1.82) is 0 Å². The molecule has 4 N–H and O–H groups in total. The van der Waals surface area contributed by atoms with Crippen molar-refractivity contribution in [2.24, 2.45) is 22.0 Å². The molecule has 162 valence electrons. The molecule has 32 heavy (non-hydrogen) atoms. The fraction of sp³-hybridized carbons (Fsp3) is 0.261. The number of aromatic nitrogens is 1. The van der Waals surface area contributed by atoms with E-state index in [0.717, 1.165) is 13.1 Å². The number of aromatic amines is 1. The first-order valence-corrected chi connectivity index (χ1v) is 10.5. The monoisotopic (exact) mass is 433 g/mol. The third kappa shape index (κ3) is 3.04. The van der Waals surface area contributed by atoms with E-state index in [9.17, 15) is 14.3 Å². The van der Waals surface area contributed by atoms with Gasteiger partial charge in [-0.15, -0.1) is 0 Å². The molecule has 9 heteroatoms. The number of nitrogens with one attached hydrogen (secondary N) is 3. The van der Waals surface area contributed by atoms with Crippen molar-refractivity contribution in [3.05, 3.63) is 59.4 Å². The fourth-order valence-electron chi connectivity index (χ4n) is 4.74. The zero-order valence-corrected chi connectivity index (χ0v) is 16.9. The highest BCUT2D eigenvalue weighted by molar-refractivity contribution is 6.58. The topological polar surface area (TPSA) is 111 Å². The van der Waals surface area contributed by atoms with Crippen LogP contribution in [0.4, 0.5) is 10.1 Å². The number of para-hydroxylation sites is 1. The molecule has 0 bridgehead atoms. The molecular formula is C23H20FN5O3. The van der Waals surface area contributed by atoms with Crippen molar-refractivity contribution < 1.29 is 19.1 Å². The summed E-state index contributed by atoms with van der Waals surface area (Å²) in [6.45, 7) is 1.64. The van der Waals surface area contributed by atoms with Crippen LogP contribution in [0.5, 0.6) is 5.88 Å². The standard InChI is InChI=1S/C23H20FN5O3/c24-11-5-6-17-13(7-11)19(23(31)27-17)22-21(12-3-1-2-4-16(12)26-22)29-32-10-18(30)28-20-14-8-25-9-15(14)20/h1-7,14-15,20,25,27,31H,8-10H2,(H,28,30)/t14-,15+,20?. The Balaban J connectivity index is 1.28. The van der Waals surface area contributed by atoms with E-state index in [0.29, 0.717) is 51.0 Å². The Hall–Kier alpha value is -3.72. The molecule has 1 unspecified atom stereocenters. The second kappa shape index (κ2) is 7.16. The van der Waals surface area contributed by atoms with Gasteiger partial charge in [-0.3, -0.25) is 4.79 Å². The van der Waals surface area contributed by atoms with Gasteiger partial charge in [-0.1, -0.05) is 23.4 Å². The molecule has 1 saturated carbocycles. The van der Waals surface area contributed by atoms with Gasteiger partial charge in [0.15, 0.2) is 12.5 Å². The lowest BCUT2D eigenvalue weighted by Gasteiger charge is -2.08. The molecule has 1 aromatic heterocycles. The van der Waals surface area contributed by atoms with Crippen LogP contribution in [0.1, 0.15) is 11.1 Å². The third-order valence-electron chi connectivity index (χ3n) is 6.36. The van der Waals surface area contributed by atoms with Crippen LogP contribution in [0.3, 0.4) is 0 Å². The number of nitrogens with zero attached hydrogens (tertiary/aromatic N) is 2. The van der Waals surface area contributed by atoms with E-state index in [-0.39, 0.29) is 24.4 Å². The maximum Gasteiger partial charge on any atom is 0.261 e. The SMILES string of the molecule is O=C(CON=C1C(c2c(O)[nH]c3ccc(F)cc23)=Nc2ccccc21)NC1[C@H]2CNC[C@@H]12. The van der Waals surface area contributed by atoms with Crippen LogP contribution in [0.15, 0.2) is 52.6 Å². The highest BCUT2D eigenvalue weighted by atomic mass is 19.1. The van der Waals surface area contributed by atoms with Crippen LogP contribution in [0.25, 0.3) is 10.9 Å². The van der Waals surface area contributed by atoms with E-state index < -0.39 is 5.82 Å². The van der Waals surface area contributed by atoms with Crippen LogP contribution in [0.2, 0.25) is 0 Å². The first kappa shape index (κ1) is 19.0. The van der Waals surface area contributed by atoms with Crippen molar-refractivity contribution in [2.45, 2.75) is 6.04 Å². The summed E-state index contributed by atoms with van der Waals surface area (Å²) in [4.78, 5) is 25.1. The van der Waals surface area contributed by atoms with Gasteiger partial charge >= 0.3 is 0 Å². The second-order valence-electron chi connectivity index (χ2n) is 8.31. The van der Waals surface area contributed by atoms with Crippen molar-refractivity contribution in [3.8, 4) is 5.88 Å². The van der Waals surface area contributed by atoms with Crippen LogP contribution in [-0.4, -0.2) is 53.2 Å². The van der Waals surface area contributed by atoms with Gasteiger partial charge in [0.05, 0.1) is 11.3 Å². The smallest absolute Gasteiger partial charge is 0.261 e. The maximum absolute atomic E-state index is 13.9. The Labute approximate surface area is 182 Å². The lowest BCUT2D eigenvalue weighted by molar-refractivity contribution is -0.125. The molecule has 3 aromatic rings. The van der Waals surface area contributed by atoms with E-state index in [1.165, 1.54) is 12.1 Å². The van der Waals surface area contributed by atoms with Crippen molar-refractivity contribution in [1.82, 2.24) is 15.6 Å². The number of halogens is 1. The molecular weight excluding hydrogens is 413 g/mol. The second-order valence-corrected chi connectivity index (χ2v) is 8.31. The number of aromatic hydroxyl groups is 1. The predicted octanol–water partition coefficient (Wildman–Crippen LogP) is 2.20. The van der Waals surface area contributed by atoms with Crippen LogP contribution < -0.4 is 10.6 Å². The average molecular weight is 433 g/mol. The lowest BCUT2D eigenvalue weighted by Crippen LogP contribution is -2.34. The summed E-state index contributed by atoms with van der Waals surface area (Å²) in [6.07, 6.45) is 0. The summed E-state index contributed by atoms with van der Waals surface area (Å²) in [6, 6.07) is 11.7. The molecule has 2 fully saturated rings. The lowest BCUT2D eigenvalue weighted by atomic mass is 10.0.